The Morgan fingerprint density at radius 3 is 1.93 bits per heavy atom. The second-order valence-corrected chi connectivity index (χ2v) is 7.37. The zero-order valence-electron chi connectivity index (χ0n) is 16.9. The van der Waals surface area contributed by atoms with Crippen LogP contribution in [-0.2, 0) is 0 Å². The van der Waals surface area contributed by atoms with Crippen LogP contribution >= 0.6 is 0 Å². The minimum Gasteiger partial charge on any atom is -0.270 e. The maximum atomic E-state index is 12.6. The first-order valence-electron chi connectivity index (χ1n) is 10.1. The molecule has 2 amide bonds. The van der Waals surface area contributed by atoms with Crippen LogP contribution in [0.4, 0.5) is 0 Å². The van der Waals surface area contributed by atoms with E-state index in [1.807, 2.05) is 49.4 Å². The zero-order chi connectivity index (χ0) is 20.9. The highest BCUT2D eigenvalue weighted by Crippen LogP contribution is 2.28. The van der Waals surface area contributed by atoms with E-state index in [1.54, 1.807) is 24.3 Å². The van der Waals surface area contributed by atoms with Crippen molar-refractivity contribution in [2.45, 2.75) is 12.8 Å². The molecule has 0 aromatic heterocycles. The van der Waals surface area contributed by atoms with E-state index in [4.69, 9.17) is 0 Å². The largest absolute Gasteiger partial charge is 0.270 e. The molecule has 1 atom stereocenters. The smallest absolute Gasteiger partial charge is 0.261 e. The van der Waals surface area contributed by atoms with Crippen LogP contribution in [0.15, 0.2) is 103 Å². The number of benzene rings is 3. The molecule has 0 aliphatic carbocycles. The van der Waals surface area contributed by atoms with E-state index in [-0.39, 0.29) is 24.3 Å². The third kappa shape index (κ3) is 4.01. The molecule has 1 aliphatic heterocycles. The average Bonchev–Trinajstić information content (AvgIpc) is 3.04. The fourth-order valence-corrected chi connectivity index (χ4v) is 3.72. The van der Waals surface area contributed by atoms with Gasteiger partial charge in [-0.25, -0.2) is 0 Å². The van der Waals surface area contributed by atoms with Gasteiger partial charge in [-0.05, 0) is 30.2 Å². The summed E-state index contributed by atoms with van der Waals surface area (Å²) in [6.45, 7) is 2.31. The lowest BCUT2D eigenvalue weighted by Gasteiger charge is -2.17. The number of imide groups is 1. The van der Waals surface area contributed by atoms with Gasteiger partial charge in [0.15, 0.2) is 0 Å². The van der Waals surface area contributed by atoms with E-state index < -0.39 is 0 Å². The van der Waals surface area contributed by atoms with E-state index in [0.29, 0.717) is 11.1 Å². The molecule has 0 saturated heterocycles. The van der Waals surface area contributed by atoms with Gasteiger partial charge in [-0.3, -0.25) is 14.5 Å². The summed E-state index contributed by atoms with van der Waals surface area (Å²) < 4.78 is 0. The van der Waals surface area contributed by atoms with Gasteiger partial charge in [0, 0.05) is 12.5 Å². The Kier molecular flexibility index (Phi) is 5.71. The van der Waals surface area contributed by atoms with Gasteiger partial charge in [0.25, 0.3) is 11.8 Å². The van der Waals surface area contributed by atoms with Crippen molar-refractivity contribution in [1.82, 2.24) is 4.90 Å². The highest BCUT2D eigenvalue weighted by atomic mass is 16.2. The molecule has 0 saturated carbocycles. The van der Waals surface area contributed by atoms with E-state index >= 15 is 0 Å². The van der Waals surface area contributed by atoms with Gasteiger partial charge in [-0.1, -0.05) is 96.6 Å². The molecule has 1 heterocycles. The summed E-state index contributed by atoms with van der Waals surface area (Å²) in [5.41, 5.74) is 4.35. The number of fused-ring (bicyclic) bond motifs is 1. The van der Waals surface area contributed by atoms with Crippen LogP contribution in [0.1, 0.15) is 44.7 Å². The lowest BCUT2D eigenvalue weighted by Crippen LogP contribution is -2.30. The lowest BCUT2D eigenvalue weighted by atomic mass is 9.90. The fourth-order valence-electron chi connectivity index (χ4n) is 3.72. The Hall–Kier alpha value is -3.72. The molecular weight excluding hydrogens is 370 g/mol. The SMILES string of the molecule is C/C(=C\CN1C(=O)c2ccccc2C1=O)C(/C=C/c1ccccc1)c1ccccc1. The van der Waals surface area contributed by atoms with E-state index in [0.717, 1.165) is 11.1 Å². The summed E-state index contributed by atoms with van der Waals surface area (Å²) >= 11 is 0. The number of carbonyl (C=O) groups excluding carboxylic acids is 2. The monoisotopic (exact) mass is 393 g/mol. The average molecular weight is 393 g/mol. The Labute approximate surface area is 177 Å². The molecule has 3 nitrogen and oxygen atoms in total. The van der Waals surface area contributed by atoms with Crippen molar-refractivity contribution < 1.29 is 9.59 Å². The van der Waals surface area contributed by atoms with Crippen LogP contribution in [0, 0.1) is 0 Å². The summed E-state index contributed by atoms with van der Waals surface area (Å²) in [5.74, 6) is -0.395. The van der Waals surface area contributed by atoms with Crippen molar-refractivity contribution in [3.8, 4) is 0 Å². The standard InChI is InChI=1S/C27H23NO2/c1-20(18-19-28-26(29)24-14-8-9-15-25(24)27(28)30)23(22-12-6-3-7-13-22)17-16-21-10-4-2-5-11-21/h2-18,23H,19H2,1H3/b17-16+,20-18+. The summed E-state index contributed by atoms with van der Waals surface area (Å²) in [6, 6.07) is 27.4. The first-order chi connectivity index (χ1) is 14.6. The van der Waals surface area contributed by atoms with Crippen LogP contribution in [0.25, 0.3) is 6.08 Å². The maximum absolute atomic E-state index is 12.6. The number of hydrogen-bond donors (Lipinski definition) is 0. The number of amides is 2. The maximum Gasteiger partial charge on any atom is 0.261 e. The van der Waals surface area contributed by atoms with Crippen LogP contribution in [0.5, 0.6) is 0 Å². The minimum atomic E-state index is -0.226. The topological polar surface area (TPSA) is 37.4 Å². The molecule has 3 aromatic carbocycles. The van der Waals surface area contributed by atoms with Crippen molar-refractivity contribution in [3.05, 3.63) is 125 Å². The molecular formula is C27H23NO2. The highest BCUT2D eigenvalue weighted by molar-refractivity contribution is 6.21. The number of nitrogens with zero attached hydrogens (tertiary/aromatic N) is 1. The molecule has 1 unspecified atom stereocenters. The van der Waals surface area contributed by atoms with Crippen LogP contribution in [0.2, 0.25) is 0 Å². The highest BCUT2D eigenvalue weighted by Gasteiger charge is 2.34. The Morgan fingerprint density at radius 2 is 1.33 bits per heavy atom. The third-order valence-electron chi connectivity index (χ3n) is 5.40. The molecule has 3 aromatic rings. The number of allylic oxidation sites excluding steroid dienone is 2. The van der Waals surface area contributed by atoms with Crippen LogP contribution < -0.4 is 0 Å². The Balaban J connectivity index is 1.58. The predicted molar refractivity (Wildman–Crippen MR) is 120 cm³/mol. The van der Waals surface area contributed by atoms with Crippen molar-refractivity contribution in [1.29, 1.82) is 0 Å². The van der Waals surface area contributed by atoms with Gasteiger partial charge in [0.05, 0.1) is 11.1 Å². The second kappa shape index (κ2) is 8.75. The fraction of sp³-hybridized carbons (Fsp3) is 0.111. The van der Waals surface area contributed by atoms with E-state index in [1.165, 1.54) is 10.5 Å². The molecule has 0 bridgehead atoms. The molecule has 0 N–H and O–H groups in total. The summed E-state index contributed by atoms with van der Waals surface area (Å²) in [4.78, 5) is 26.6. The number of hydrogen-bond acceptors (Lipinski definition) is 2. The second-order valence-electron chi connectivity index (χ2n) is 7.37. The quantitative estimate of drug-likeness (QED) is 0.396. The molecule has 4 rings (SSSR count). The third-order valence-corrected chi connectivity index (χ3v) is 5.40. The number of carbonyl (C=O) groups is 2. The number of rotatable bonds is 6. The van der Waals surface area contributed by atoms with Crippen molar-refractivity contribution in [2.75, 3.05) is 6.54 Å². The molecule has 0 fully saturated rings. The molecule has 0 spiro atoms. The van der Waals surface area contributed by atoms with Crippen LogP contribution in [-0.4, -0.2) is 23.3 Å². The molecule has 1 aliphatic rings. The Bertz CT molecular complexity index is 1080. The molecule has 3 heteroatoms. The summed E-state index contributed by atoms with van der Waals surface area (Å²) in [7, 11) is 0. The van der Waals surface area contributed by atoms with E-state index in [2.05, 4.69) is 36.4 Å². The van der Waals surface area contributed by atoms with E-state index in [9.17, 15) is 9.59 Å². The summed E-state index contributed by atoms with van der Waals surface area (Å²) in [5, 5.41) is 0. The molecule has 0 radical (unpaired) electrons. The van der Waals surface area contributed by atoms with Crippen molar-refractivity contribution in [2.24, 2.45) is 0 Å². The molecule has 30 heavy (non-hydrogen) atoms. The molecule has 148 valence electrons. The van der Waals surface area contributed by atoms with Crippen molar-refractivity contribution >= 4 is 17.9 Å². The minimum absolute atomic E-state index is 0.0570. The lowest BCUT2D eigenvalue weighted by molar-refractivity contribution is 0.0671. The van der Waals surface area contributed by atoms with Gasteiger partial charge in [-0.2, -0.15) is 0 Å². The van der Waals surface area contributed by atoms with Gasteiger partial charge in [0.2, 0.25) is 0 Å². The van der Waals surface area contributed by atoms with Crippen molar-refractivity contribution in [3.63, 3.8) is 0 Å². The normalized spacial score (nSPS) is 15.0. The zero-order valence-corrected chi connectivity index (χ0v) is 16.9. The van der Waals surface area contributed by atoms with Gasteiger partial charge in [-0.15, -0.1) is 0 Å². The van der Waals surface area contributed by atoms with Gasteiger partial charge < -0.3 is 0 Å². The van der Waals surface area contributed by atoms with Gasteiger partial charge >= 0.3 is 0 Å². The van der Waals surface area contributed by atoms with Crippen LogP contribution in [0.3, 0.4) is 0 Å². The first-order valence-corrected chi connectivity index (χ1v) is 10.1. The summed E-state index contributed by atoms with van der Waals surface area (Å²) in [6.07, 6.45) is 6.25. The van der Waals surface area contributed by atoms with Gasteiger partial charge in [0.1, 0.15) is 0 Å². The Morgan fingerprint density at radius 1 is 0.800 bits per heavy atom. The predicted octanol–water partition coefficient (Wildman–Crippen LogP) is 5.73. The first kappa shape index (κ1) is 19.6.